The van der Waals surface area contributed by atoms with Gasteiger partial charge in [-0.3, -0.25) is 11.3 Å². The summed E-state index contributed by atoms with van der Waals surface area (Å²) in [5, 5.41) is 0. The lowest BCUT2D eigenvalue weighted by Crippen LogP contribution is -2.43. The molecule has 2 rings (SSSR count). The smallest absolute Gasteiger partial charge is 0.0279 e. The Bertz CT molecular complexity index is 399. The molecule has 0 bridgehead atoms. The molecule has 1 aromatic rings. The Morgan fingerprint density at radius 2 is 1.70 bits per heavy atom. The summed E-state index contributed by atoms with van der Waals surface area (Å²) in [6, 6.07) is 7.26. The summed E-state index contributed by atoms with van der Waals surface area (Å²) in [4.78, 5) is 0. The molecule has 0 saturated heterocycles. The topological polar surface area (TPSA) is 38.0 Å². The van der Waals surface area contributed by atoms with Crippen LogP contribution in [0.25, 0.3) is 0 Å². The molecule has 112 valence electrons. The summed E-state index contributed by atoms with van der Waals surface area (Å²) in [7, 11) is 0. The minimum absolute atomic E-state index is 0.425. The van der Waals surface area contributed by atoms with Gasteiger partial charge in [-0.05, 0) is 50.5 Å². The van der Waals surface area contributed by atoms with Gasteiger partial charge >= 0.3 is 0 Å². The second-order valence-electron chi connectivity index (χ2n) is 6.66. The van der Waals surface area contributed by atoms with Crippen molar-refractivity contribution in [2.45, 2.75) is 65.3 Å². The van der Waals surface area contributed by atoms with Gasteiger partial charge in [0.25, 0.3) is 0 Å². The molecule has 0 amide bonds. The summed E-state index contributed by atoms with van der Waals surface area (Å²) < 4.78 is 0. The third-order valence-corrected chi connectivity index (χ3v) is 4.99. The Labute approximate surface area is 124 Å². The molecule has 0 heterocycles. The third-order valence-electron chi connectivity index (χ3n) is 4.99. The van der Waals surface area contributed by atoms with Gasteiger partial charge in [-0.15, -0.1) is 0 Å². The quantitative estimate of drug-likeness (QED) is 0.631. The molecule has 1 unspecified atom stereocenters. The van der Waals surface area contributed by atoms with Crippen LogP contribution in [0.5, 0.6) is 0 Å². The van der Waals surface area contributed by atoms with Crippen LogP contribution >= 0.6 is 0 Å². The van der Waals surface area contributed by atoms with Crippen LogP contribution in [0.3, 0.4) is 0 Å². The molecule has 0 radical (unpaired) electrons. The predicted molar refractivity (Wildman–Crippen MR) is 86.5 cm³/mol. The first-order valence-corrected chi connectivity index (χ1v) is 8.15. The van der Waals surface area contributed by atoms with Crippen molar-refractivity contribution in [3.63, 3.8) is 0 Å². The minimum Gasteiger partial charge on any atom is -0.271 e. The first-order chi connectivity index (χ1) is 9.62. The monoisotopic (exact) mass is 274 g/mol. The third kappa shape index (κ3) is 4.07. The lowest BCUT2D eigenvalue weighted by Gasteiger charge is -2.33. The van der Waals surface area contributed by atoms with Crippen LogP contribution in [0, 0.1) is 25.7 Å². The Hall–Kier alpha value is -0.860. The van der Waals surface area contributed by atoms with Crippen LogP contribution in [-0.2, 0) is 6.42 Å². The molecule has 2 nitrogen and oxygen atoms in total. The minimum atomic E-state index is 0.425. The second-order valence-corrected chi connectivity index (χ2v) is 6.66. The Balaban J connectivity index is 1.98. The van der Waals surface area contributed by atoms with Crippen molar-refractivity contribution in [2.24, 2.45) is 17.7 Å². The molecular weight excluding hydrogens is 244 g/mol. The molecule has 3 N–H and O–H groups in total. The number of aryl methyl sites for hydroxylation is 2. The number of hydrazine groups is 1. The second kappa shape index (κ2) is 7.24. The maximum atomic E-state index is 5.84. The van der Waals surface area contributed by atoms with Crippen molar-refractivity contribution < 1.29 is 0 Å². The van der Waals surface area contributed by atoms with Gasteiger partial charge in [0.05, 0.1) is 0 Å². The van der Waals surface area contributed by atoms with E-state index in [-0.39, 0.29) is 0 Å². The zero-order chi connectivity index (χ0) is 14.5. The van der Waals surface area contributed by atoms with Gasteiger partial charge in [-0.2, -0.15) is 0 Å². The van der Waals surface area contributed by atoms with E-state index >= 15 is 0 Å². The number of nitrogens with two attached hydrogens (primary N) is 1. The SMILES string of the molecule is CCC1CCC(C(Cc2cc(C)cc(C)c2)NN)CC1. The van der Waals surface area contributed by atoms with E-state index in [2.05, 4.69) is 44.4 Å². The molecule has 1 atom stereocenters. The lowest BCUT2D eigenvalue weighted by molar-refractivity contribution is 0.217. The summed E-state index contributed by atoms with van der Waals surface area (Å²) in [6.45, 7) is 6.67. The molecule has 1 saturated carbocycles. The molecule has 20 heavy (non-hydrogen) atoms. The lowest BCUT2D eigenvalue weighted by atomic mass is 9.76. The molecule has 0 aliphatic heterocycles. The van der Waals surface area contributed by atoms with Crippen molar-refractivity contribution in [2.75, 3.05) is 0 Å². The van der Waals surface area contributed by atoms with Gasteiger partial charge in [-0.1, -0.05) is 55.5 Å². The largest absolute Gasteiger partial charge is 0.271 e. The molecule has 1 aromatic carbocycles. The van der Waals surface area contributed by atoms with Gasteiger partial charge in [0, 0.05) is 6.04 Å². The average Bonchev–Trinajstić information content (AvgIpc) is 2.44. The normalized spacial score (nSPS) is 24.6. The number of hydrogen-bond acceptors (Lipinski definition) is 2. The highest BCUT2D eigenvalue weighted by molar-refractivity contribution is 5.29. The maximum Gasteiger partial charge on any atom is 0.0279 e. The van der Waals surface area contributed by atoms with Crippen LogP contribution in [-0.4, -0.2) is 6.04 Å². The summed E-state index contributed by atoms with van der Waals surface area (Å²) in [5.41, 5.74) is 7.22. The average molecular weight is 274 g/mol. The first-order valence-electron chi connectivity index (χ1n) is 8.15. The number of nitrogens with one attached hydrogen (secondary N) is 1. The molecule has 1 aliphatic rings. The Kier molecular flexibility index (Phi) is 5.62. The number of hydrogen-bond donors (Lipinski definition) is 2. The van der Waals surface area contributed by atoms with E-state index < -0.39 is 0 Å². The highest BCUT2D eigenvalue weighted by Gasteiger charge is 2.26. The van der Waals surface area contributed by atoms with Crippen molar-refractivity contribution >= 4 is 0 Å². The number of benzene rings is 1. The van der Waals surface area contributed by atoms with Gasteiger partial charge in [0.2, 0.25) is 0 Å². The van der Waals surface area contributed by atoms with Crippen molar-refractivity contribution in [3.05, 3.63) is 34.9 Å². The van der Waals surface area contributed by atoms with Gasteiger partial charge in [0.1, 0.15) is 0 Å². The molecule has 0 aromatic heterocycles. The Morgan fingerprint density at radius 3 is 2.20 bits per heavy atom. The van der Waals surface area contributed by atoms with Gasteiger partial charge in [0.15, 0.2) is 0 Å². The number of rotatable bonds is 5. The van der Waals surface area contributed by atoms with E-state index in [0.29, 0.717) is 6.04 Å². The van der Waals surface area contributed by atoms with Crippen LogP contribution in [0.1, 0.15) is 55.7 Å². The molecule has 0 spiro atoms. The maximum absolute atomic E-state index is 5.84. The van der Waals surface area contributed by atoms with Crippen LogP contribution < -0.4 is 11.3 Å². The Morgan fingerprint density at radius 1 is 1.10 bits per heavy atom. The van der Waals surface area contributed by atoms with Crippen LogP contribution in [0.2, 0.25) is 0 Å². The van der Waals surface area contributed by atoms with Gasteiger partial charge < -0.3 is 0 Å². The van der Waals surface area contributed by atoms with E-state index in [1.54, 1.807) is 0 Å². The van der Waals surface area contributed by atoms with Gasteiger partial charge in [-0.25, -0.2) is 0 Å². The summed E-state index contributed by atoms with van der Waals surface area (Å²) >= 11 is 0. The molecule has 1 fully saturated rings. The summed E-state index contributed by atoms with van der Waals surface area (Å²) in [5.74, 6) is 7.53. The van der Waals surface area contributed by atoms with E-state index in [9.17, 15) is 0 Å². The van der Waals surface area contributed by atoms with Crippen molar-refractivity contribution in [1.29, 1.82) is 0 Å². The van der Waals surface area contributed by atoms with E-state index in [1.165, 1.54) is 48.8 Å². The van der Waals surface area contributed by atoms with E-state index in [0.717, 1.165) is 18.3 Å². The zero-order valence-corrected chi connectivity index (χ0v) is 13.3. The fraction of sp³-hybridized carbons (Fsp3) is 0.667. The van der Waals surface area contributed by atoms with Crippen LogP contribution in [0.15, 0.2) is 18.2 Å². The first kappa shape index (κ1) is 15.5. The van der Waals surface area contributed by atoms with Crippen LogP contribution in [0.4, 0.5) is 0 Å². The molecular formula is C18H30N2. The van der Waals surface area contributed by atoms with Crippen molar-refractivity contribution in [1.82, 2.24) is 5.43 Å². The fourth-order valence-corrected chi connectivity index (χ4v) is 3.80. The highest BCUT2D eigenvalue weighted by atomic mass is 15.2. The fourth-order valence-electron chi connectivity index (χ4n) is 3.80. The van der Waals surface area contributed by atoms with Crippen molar-refractivity contribution in [3.8, 4) is 0 Å². The standard InChI is InChI=1S/C18H30N2/c1-4-15-5-7-17(8-6-15)18(20-19)12-16-10-13(2)9-14(3)11-16/h9-11,15,17-18,20H,4-8,12,19H2,1-3H3. The molecule has 1 aliphatic carbocycles. The summed E-state index contributed by atoms with van der Waals surface area (Å²) in [6.07, 6.45) is 7.82. The highest BCUT2D eigenvalue weighted by Crippen LogP contribution is 2.33. The van der Waals surface area contributed by atoms with E-state index in [1.807, 2.05) is 0 Å². The predicted octanol–water partition coefficient (Wildman–Crippen LogP) is 3.89. The van der Waals surface area contributed by atoms with E-state index in [4.69, 9.17) is 5.84 Å². The molecule has 2 heteroatoms. The zero-order valence-electron chi connectivity index (χ0n) is 13.3.